The number of hydrogen-bond donors (Lipinski definition) is 1. The van der Waals surface area contributed by atoms with Gasteiger partial charge in [0.25, 0.3) is 5.91 Å². The zero-order valence-corrected chi connectivity index (χ0v) is 16.0. The van der Waals surface area contributed by atoms with Gasteiger partial charge in [0.2, 0.25) is 0 Å². The number of hydrogen-bond acceptors (Lipinski definition) is 2. The second-order valence-corrected chi connectivity index (χ2v) is 7.61. The van der Waals surface area contributed by atoms with E-state index in [0.717, 1.165) is 28.7 Å². The lowest BCUT2D eigenvalue weighted by Crippen LogP contribution is -2.23. The fourth-order valence-corrected chi connectivity index (χ4v) is 4.09. The van der Waals surface area contributed by atoms with Crippen LogP contribution in [0.1, 0.15) is 26.5 Å². The van der Waals surface area contributed by atoms with Crippen molar-refractivity contribution in [1.29, 1.82) is 0 Å². The number of nitrogens with zero attached hydrogens (tertiary/aromatic N) is 1. The van der Waals surface area contributed by atoms with Gasteiger partial charge >= 0.3 is 0 Å². The lowest BCUT2D eigenvalue weighted by molar-refractivity contribution is 0.0951. The van der Waals surface area contributed by atoms with Crippen molar-refractivity contribution in [3.05, 3.63) is 93.3 Å². The van der Waals surface area contributed by atoms with Crippen LogP contribution in [0, 0.1) is 18.6 Å². The predicted octanol–water partition coefficient (Wildman–Crippen LogP) is 5.27. The number of rotatable bonds is 5. The van der Waals surface area contributed by atoms with Crippen molar-refractivity contribution in [2.75, 3.05) is 0 Å². The summed E-state index contributed by atoms with van der Waals surface area (Å²) in [4.78, 5) is 14.1. The maximum atomic E-state index is 13.4. The van der Waals surface area contributed by atoms with Crippen LogP contribution >= 0.6 is 11.3 Å². The van der Waals surface area contributed by atoms with E-state index in [1.807, 2.05) is 42.6 Å². The summed E-state index contributed by atoms with van der Waals surface area (Å²) in [5.74, 6) is -2.05. The zero-order valence-electron chi connectivity index (χ0n) is 15.2. The maximum absolute atomic E-state index is 13.4. The molecule has 0 saturated carbocycles. The molecule has 0 fully saturated rings. The Kier molecular flexibility index (Phi) is 4.96. The molecule has 1 amide bonds. The second-order valence-electron chi connectivity index (χ2n) is 6.57. The summed E-state index contributed by atoms with van der Waals surface area (Å²) in [5, 5.41) is 5.74. The number of benzene rings is 2. The number of fused-ring (bicyclic) bond motifs is 1. The first-order chi connectivity index (χ1) is 13.5. The van der Waals surface area contributed by atoms with Crippen molar-refractivity contribution in [2.24, 2.45) is 0 Å². The number of para-hydroxylation sites is 1. The number of aromatic nitrogens is 1. The third-order valence-corrected chi connectivity index (χ3v) is 5.65. The highest BCUT2D eigenvalue weighted by atomic mass is 32.1. The van der Waals surface area contributed by atoms with Crippen molar-refractivity contribution in [2.45, 2.75) is 20.0 Å². The first-order valence-electron chi connectivity index (χ1n) is 8.87. The summed E-state index contributed by atoms with van der Waals surface area (Å²) in [6.45, 7) is 2.75. The Hall–Kier alpha value is -2.99. The van der Waals surface area contributed by atoms with E-state index in [4.69, 9.17) is 0 Å². The van der Waals surface area contributed by atoms with E-state index in [-0.39, 0.29) is 12.5 Å². The SMILES string of the molecule is Cc1c(C(=O)NCc2ccc(F)c(F)c2)c2ccccc2n1Cc1cccs1. The van der Waals surface area contributed by atoms with Gasteiger partial charge in [0.05, 0.1) is 12.1 Å². The molecule has 4 aromatic rings. The molecule has 2 aromatic heterocycles. The molecule has 0 bridgehead atoms. The minimum absolute atomic E-state index is 0.125. The van der Waals surface area contributed by atoms with Gasteiger partial charge in [-0.25, -0.2) is 8.78 Å². The quantitative estimate of drug-likeness (QED) is 0.490. The molecular formula is C22H18F2N2OS. The van der Waals surface area contributed by atoms with Gasteiger partial charge in [0.15, 0.2) is 11.6 Å². The first kappa shape index (κ1) is 18.4. The van der Waals surface area contributed by atoms with Gasteiger partial charge in [0.1, 0.15) is 0 Å². The van der Waals surface area contributed by atoms with Crippen LogP contribution in [0.5, 0.6) is 0 Å². The van der Waals surface area contributed by atoms with Crippen LogP contribution in [0.4, 0.5) is 8.78 Å². The average molecular weight is 396 g/mol. The summed E-state index contributed by atoms with van der Waals surface area (Å²) in [5.41, 5.74) is 2.98. The Morgan fingerprint density at radius 1 is 1.07 bits per heavy atom. The summed E-state index contributed by atoms with van der Waals surface area (Å²) in [6.07, 6.45) is 0. The van der Waals surface area contributed by atoms with E-state index < -0.39 is 11.6 Å². The Bertz CT molecular complexity index is 1150. The van der Waals surface area contributed by atoms with Crippen molar-refractivity contribution in [3.63, 3.8) is 0 Å². The molecule has 28 heavy (non-hydrogen) atoms. The largest absolute Gasteiger partial charge is 0.348 e. The van der Waals surface area contributed by atoms with E-state index >= 15 is 0 Å². The Balaban J connectivity index is 1.64. The molecule has 0 aliphatic heterocycles. The smallest absolute Gasteiger partial charge is 0.254 e. The van der Waals surface area contributed by atoms with Crippen LogP contribution in [0.3, 0.4) is 0 Å². The van der Waals surface area contributed by atoms with E-state index in [0.29, 0.717) is 17.7 Å². The fraction of sp³-hybridized carbons (Fsp3) is 0.136. The molecule has 0 aliphatic carbocycles. The summed E-state index contributed by atoms with van der Waals surface area (Å²) in [6, 6.07) is 15.5. The summed E-state index contributed by atoms with van der Waals surface area (Å²) < 4.78 is 28.6. The monoisotopic (exact) mass is 396 g/mol. The average Bonchev–Trinajstić information content (AvgIpc) is 3.30. The van der Waals surface area contributed by atoms with Gasteiger partial charge < -0.3 is 9.88 Å². The molecule has 2 heterocycles. The van der Waals surface area contributed by atoms with Gasteiger partial charge in [-0.05, 0) is 42.1 Å². The Morgan fingerprint density at radius 2 is 1.89 bits per heavy atom. The number of nitrogens with one attached hydrogen (secondary N) is 1. The first-order valence-corrected chi connectivity index (χ1v) is 9.75. The summed E-state index contributed by atoms with van der Waals surface area (Å²) >= 11 is 1.68. The van der Waals surface area contributed by atoms with E-state index in [1.54, 1.807) is 11.3 Å². The molecule has 0 atom stereocenters. The zero-order chi connectivity index (χ0) is 19.7. The lowest BCUT2D eigenvalue weighted by atomic mass is 10.1. The number of thiophene rings is 1. The van der Waals surface area contributed by atoms with Gasteiger partial charge in [-0.3, -0.25) is 4.79 Å². The Morgan fingerprint density at radius 3 is 2.64 bits per heavy atom. The maximum Gasteiger partial charge on any atom is 0.254 e. The van der Waals surface area contributed by atoms with Crippen molar-refractivity contribution in [1.82, 2.24) is 9.88 Å². The van der Waals surface area contributed by atoms with Gasteiger partial charge in [-0.15, -0.1) is 11.3 Å². The van der Waals surface area contributed by atoms with Crippen LogP contribution in [0.15, 0.2) is 60.0 Å². The standard InChI is InChI=1S/C22H18F2N2OS/c1-14-21(22(27)25-12-15-8-9-18(23)19(24)11-15)17-6-2-3-7-20(17)26(14)13-16-5-4-10-28-16/h2-11H,12-13H2,1H3,(H,25,27). The lowest BCUT2D eigenvalue weighted by Gasteiger charge is -2.08. The van der Waals surface area contributed by atoms with E-state index in [1.165, 1.54) is 10.9 Å². The van der Waals surface area contributed by atoms with Gasteiger partial charge in [-0.2, -0.15) is 0 Å². The molecular weight excluding hydrogens is 378 g/mol. The molecule has 2 aromatic carbocycles. The van der Waals surface area contributed by atoms with Crippen molar-refractivity contribution < 1.29 is 13.6 Å². The van der Waals surface area contributed by atoms with Gasteiger partial charge in [0, 0.05) is 28.0 Å². The van der Waals surface area contributed by atoms with E-state index in [9.17, 15) is 13.6 Å². The molecule has 0 aliphatic rings. The molecule has 6 heteroatoms. The number of carbonyl (C=O) groups excluding carboxylic acids is 1. The molecule has 1 N–H and O–H groups in total. The molecule has 142 valence electrons. The van der Waals surface area contributed by atoms with E-state index in [2.05, 4.69) is 16.0 Å². The van der Waals surface area contributed by atoms with Crippen LogP contribution in [-0.2, 0) is 13.1 Å². The Labute approximate surface area is 165 Å². The third-order valence-electron chi connectivity index (χ3n) is 4.79. The molecule has 0 radical (unpaired) electrons. The van der Waals surface area contributed by atoms with Crippen LogP contribution in [0.25, 0.3) is 10.9 Å². The number of carbonyl (C=O) groups is 1. The van der Waals surface area contributed by atoms with Crippen LogP contribution in [0.2, 0.25) is 0 Å². The highest BCUT2D eigenvalue weighted by Crippen LogP contribution is 2.27. The molecule has 0 spiro atoms. The molecule has 0 unspecified atom stereocenters. The third kappa shape index (κ3) is 3.43. The molecule has 0 saturated heterocycles. The van der Waals surface area contributed by atoms with Crippen molar-refractivity contribution >= 4 is 28.1 Å². The number of halogens is 2. The topological polar surface area (TPSA) is 34.0 Å². The summed E-state index contributed by atoms with van der Waals surface area (Å²) in [7, 11) is 0. The minimum atomic E-state index is -0.921. The van der Waals surface area contributed by atoms with Crippen LogP contribution < -0.4 is 5.32 Å². The predicted molar refractivity (Wildman–Crippen MR) is 108 cm³/mol. The highest BCUT2D eigenvalue weighted by Gasteiger charge is 2.20. The van der Waals surface area contributed by atoms with Gasteiger partial charge in [-0.1, -0.05) is 30.3 Å². The highest BCUT2D eigenvalue weighted by molar-refractivity contribution is 7.09. The second kappa shape index (κ2) is 7.56. The minimum Gasteiger partial charge on any atom is -0.348 e. The van der Waals surface area contributed by atoms with Crippen molar-refractivity contribution in [3.8, 4) is 0 Å². The molecule has 3 nitrogen and oxygen atoms in total. The fourth-order valence-electron chi connectivity index (χ4n) is 3.40. The van der Waals surface area contributed by atoms with Crippen LogP contribution in [-0.4, -0.2) is 10.5 Å². The molecule has 4 rings (SSSR count). The normalized spacial score (nSPS) is 11.1. The number of amides is 1.